The molecule has 0 fully saturated rings. The molecule has 2 heterocycles. The monoisotopic (exact) mass is 491 g/mol. The number of halogens is 3. The van der Waals surface area contributed by atoms with E-state index in [4.69, 9.17) is 9.88 Å². The highest BCUT2D eigenvalue weighted by molar-refractivity contribution is 7.89. The van der Waals surface area contributed by atoms with Crippen LogP contribution >= 0.6 is 0 Å². The number of carbonyl (C=O) groups excluding carboxylic acids is 1. The van der Waals surface area contributed by atoms with Crippen molar-refractivity contribution in [2.45, 2.75) is 18.0 Å². The summed E-state index contributed by atoms with van der Waals surface area (Å²) in [7, 11) is -3.96. The third-order valence-electron chi connectivity index (χ3n) is 4.74. The largest absolute Gasteiger partial charge is 0.417 e. The van der Waals surface area contributed by atoms with Crippen LogP contribution in [0.5, 0.6) is 5.75 Å². The average molecular weight is 491 g/mol. The van der Waals surface area contributed by atoms with E-state index in [0.717, 1.165) is 18.2 Å². The van der Waals surface area contributed by atoms with Crippen molar-refractivity contribution >= 4 is 27.5 Å². The Balaban J connectivity index is 1.60. The Kier molecular flexibility index (Phi) is 5.75. The van der Waals surface area contributed by atoms with E-state index in [0.29, 0.717) is 17.0 Å². The van der Waals surface area contributed by atoms with Crippen molar-refractivity contribution in [3.8, 4) is 17.0 Å². The highest BCUT2D eigenvalue weighted by Crippen LogP contribution is 2.31. The second kappa shape index (κ2) is 8.43. The van der Waals surface area contributed by atoms with Gasteiger partial charge in [-0.25, -0.2) is 27.9 Å². The van der Waals surface area contributed by atoms with Crippen LogP contribution in [0.4, 0.5) is 23.7 Å². The van der Waals surface area contributed by atoms with Crippen LogP contribution < -0.4 is 15.2 Å². The maximum atomic E-state index is 12.8. The molecule has 0 aliphatic rings. The lowest BCUT2D eigenvalue weighted by Crippen LogP contribution is -2.18. The van der Waals surface area contributed by atoms with E-state index < -0.39 is 27.9 Å². The minimum absolute atomic E-state index is 0.0167. The van der Waals surface area contributed by atoms with Gasteiger partial charge in [0.1, 0.15) is 0 Å². The van der Waals surface area contributed by atoms with Crippen LogP contribution in [0, 0.1) is 6.92 Å². The highest BCUT2D eigenvalue weighted by Gasteiger charge is 2.30. The van der Waals surface area contributed by atoms with Gasteiger partial charge in [0.2, 0.25) is 10.0 Å². The summed E-state index contributed by atoms with van der Waals surface area (Å²) in [6, 6.07) is 11.4. The fourth-order valence-electron chi connectivity index (χ4n) is 3.14. The fraction of sp³-hybridized carbons (Fsp3) is 0.0952. The van der Waals surface area contributed by atoms with E-state index in [-0.39, 0.29) is 22.0 Å². The van der Waals surface area contributed by atoms with Crippen LogP contribution in [0.2, 0.25) is 0 Å². The number of ether oxygens (including phenoxy) is 1. The van der Waals surface area contributed by atoms with Gasteiger partial charge in [-0.2, -0.15) is 18.3 Å². The molecule has 13 heteroatoms. The fourth-order valence-corrected chi connectivity index (χ4v) is 3.70. The van der Waals surface area contributed by atoms with Crippen molar-refractivity contribution in [3.63, 3.8) is 0 Å². The Morgan fingerprint density at radius 3 is 2.47 bits per heavy atom. The number of hydrogen-bond acceptors (Lipinski definition) is 6. The third kappa shape index (κ3) is 4.84. The maximum absolute atomic E-state index is 12.8. The molecule has 0 aliphatic carbocycles. The number of aryl methyl sites for hydroxylation is 1. The van der Waals surface area contributed by atoms with Gasteiger partial charge in [-0.05, 0) is 43.3 Å². The average Bonchev–Trinajstić information content (AvgIpc) is 3.16. The van der Waals surface area contributed by atoms with Gasteiger partial charge < -0.3 is 4.74 Å². The molecule has 3 N–H and O–H groups in total. The van der Waals surface area contributed by atoms with Gasteiger partial charge in [0.05, 0.1) is 22.3 Å². The van der Waals surface area contributed by atoms with Crippen LogP contribution in [0.15, 0.2) is 65.7 Å². The molecule has 0 aliphatic heterocycles. The molecule has 0 bridgehead atoms. The van der Waals surface area contributed by atoms with Gasteiger partial charge in [-0.15, -0.1) is 0 Å². The normalized spacial score (nSPS) is 12.0. The Bertz CT molecular complexity index is 1500. The molecule has 2 aromatic heterocycles. The van der Waals surface area contributed by atoms with Crippen LogP contribution in [0.3, 0.4) is 0 Å². The van der Waals surface area contributed by atoms with E-state index in [1.165, 1.54) is 41.0 Å². The number of nitrogens with zero attached hydrogens (tertiary/aromatic N) is 3. The molecule has 0 saturated heterocycles. The van der Waals surface area contributed by atoms with Crippen LogP contribution in [0.1, 0.15) is 11.3 Å². The zero-order valence-corrected chi connectivity index (χ0v) is 18.2. The van der Waals surface area contributed by atoms with Crippen molar-refractivity contribution in [1.82, 2.24) is 14.6 Å². The number of amides is 1. The maximum Gasteiger partial charge on any atom is 0.417 e. The number of carbonyl (C=O) groups is 1. The predicted octanol–water partition coefficient (Wildman–Crippen LogP) is 3.98. The minimum atomic E-state index is -4.46. The van der Waals surface area contributed by atoms with E-state index in [9.17, 15) is 26.4 Å². The molecule has 2 aromatic carbocycles. The van der Waals surface area contributed by atoms with Crippen molar-refractivity contribution < 1.29 is 31.1 Å². The number of nitrogens with two attached hydrogens (primary N) is 1. The number of fused-ring (bicyclic) bond motifs is 1. The van der Waals surface area contributed by atoms with Crippen molar-refractivity contribution in [2.24, 2.45) is 5.14 Å². The van der Waals surface area contributed by atoms with Crippen molar-refractivity contribution in [2.75, 3.05) is 5.32 Å². The van der Waals surface area contributed by atoms with Crippen molar-refractivity contribution in [3.05, 3.63) is 72.1 Å². The second-order valence-electron chi connectivity index (χ2n) is 7.19. The Hall–Kier alpha value is -3.97. The summed E-state index contributed by atoms with van der Waals surface area (Å²) < 4.78 is 68.2. The lowest BCUT2D eigenvalue weighted by Gasteiger charge is -2.09. The number of hydrogen-bond donors (Lipinski definition) is 2. The first-order valence-corrected chi connectivity index (χ1v) is 11.1. The van der Waals surface area contributed by atoms with Gasteiger partial charge in [-0.1, -0.05) is 18.2 Å². The zero-order valence-electron chi connectivity index (χ0n) is 17.4. The summed E-state index contributed by atoms with van der Waals surface area (Å²) in [4.78, 5) is 16.6. The van der Waals surface area contributed by atoms with Crippen LogP contribution in [-0.2, 0) is 16.2 Å². The number of alkyl halides is 3. The van der Waals surface area contributed by atoms with Gasteiger partial charge in [0, 0.05) is 16.9 Å². The van der Waals surface area contributed by atoms with Crippen molar-refractivity contribution in [1.29, 1.82) is 0 Å². The molecular formula is C21H16F3N5O4S. The SMILES string of the molecule is Cc1cc(-c2ccc(C(F)(F)F)cc2)nc2c(OC(=O)Nc3cccc(S(N)(=O)=O)c3)cnn12. The van der Waals surface area contributed by atoms with E-state index in [1.807, 2.05) is 0 Å². The van der Waals surface area contributed by atoms with Gasteiger partial charge in [0.25, 0.3) is 0 Å². The van der Waals surface area contributed by atoms with Gasteiger partial charge >= 0.3 is 12.3 Å². The molecule has 4 rings (SSSR count). The minimum Gasteiger partial charge on any atom is -0.404 e. The van der Waals surface area contributed by atoms with E-state index in [1.54, 1.807) is 13.0 Å². The molecule has 0 saturated carbocycles. The number of sulfonamides is 1. The molecule has 176 valence electrons. The van der Waals surface area contributed by atoms with Gasteiger partial charge in [0.15, 0.2) is 11.4 Å². The number of primary sulfonamides is 1. The summed E-state index contributed by atoms with van der Waals surface area (Å²) in [5.41, 5.74) is 0.868. The first-order valence-electron chi connectivity index (χ1n) is 9.56. The molecule has 0 unspecified atom stereocenters. The number of benzene rings is 2. The third-order valence-corrected chi connectivity index (χ3v) is 5.65. The molecule has 0 atom stereocenters. The van der Waals surface area contributed by atoms with E-state index >= 15 is 0 Å². The number of nitrogens with one attached hydrogen (secondary N) is 1. The predicted molar refractivity (Wildman–Crippen MR) is 116 cm³/mol. The second-order valence-corrected chi connectivity index (χ2v) is 8.75. The first-order chi connectivity index (χ1) is 15.9. The zero-order chi connectivity index (χ0) is 24.7. The Morgan fingerprint density at radius 1 is 1.12 bits per heavy atom. The summed E-state index contributed by atoms with van der Waals surface area (Å²) >= 11 is 0. The van der Waals surface area contributed by atoms with Gasteiger partial charge in [-0.3, -0.25) is 5.32 Å². The number of aromatic nitrogens is 3. The molecule has 9 nitrogen and oxygen atoms in total. The lowest BCUT2D eigenvalue weighted by molar-refractivity contribution is -0.137. The van der Waals surface area contributed by atoms with Crippen LogP contribution in [0.25, 0.3) is 16.9 Å². The molecular weight excluding hydrogens is 475 g/mol. The number of anilines is 1. The molecule has 4 aromatic rings. The standard InChI is InChI=1S/C21H16F3N5O4S/c1-12-9-17(13-5-7-14(8-6-13)21(22,23)24)28-19-18(11-26-29(12)19)33-20(30)27-15-3-2-4-16(10-15)34(25,31)32/h2-11H,1H3,(H,27,30)(H2,25,31,32). The smallest absolute Gasteiger partial charge is 0.404 e. The molecule has 34 heavy (non-hydrogen) atoms. The summed E-state index contributed by atoms with van der Waals surface area (Å²) in [5.74, 6) is -0.0167. The Morgan fingerprint density at radius 2 is 1.82 bits per heavy atom. The summed E-state index contributed by atoms with van der Waals surface area (Å²) in [6.45, 7) is 1.71. The molecule has 1 amide bonds. The Labute approximate surface area is 191 Å². The van der Waals surface area contributed by atoms with E-state index in [2.05, 4.69) is 15.4 Å². The van der Waals surface area contributed by atoms with Crippen LogP contribution in [-0.4, -0.2) is 29.1 Å². The topological polar surface area (TPSA) is 129 Å². The first kappa shape index (κ1) is 23.2. The molecule has 0 spiro atoms. The summed E-state index contributed by atoms with van der Waals surface area (Å²) in [5, 5.41) is 11.6. The number of rotatable bonds is 4. The molecule has 0 radical (unpaired) electrons. The summed E-state index contributed by atoms with van der Waals surface area (Å²) in [6.07, 6.45) is -4.15. The lowest BCUT2D eigenvalue weighted by atomic mass is 10.1. The quantitative estimate of drug-likeness (QED) is 0.444. The highest BCUT2D eigenvalue weighted by atomic mass is 32.2.